The first-order valence-electron chi connectivity index (χ1n) is 9.00. The van der Waals surface area contributed by atoms with Crippen LogP contribution >= 0.6 is 0 Å². The molecule has 7 heteroatoms. The molecular formula is C21H23N3O4. The van der Waals surface area contributed by atoms with Crippen molar-refractivity contribution in [3.8, 4) is 5.69 Å². The zero-order chi connectivity index (χ0) is 20.6. The fourth-order valence-corrected chi connectivity index (χ4v) is 3.28. The number of likely N-dealkylation sites (N-methyl/N-ethyl adjacent to an activating group) is 2. The highest BCUT2D eigenvalue weighted by atomic mass is 16.5. The number of carbonyl (C=O) groups excluding carboxylic acids is 3. The lowest BCUT2D eigenvalue weighted by Crippen LogP contribution is -2.33. The van der Waals surface area contributed by atoms with Crippen molar-refractivity contribution in [1.29, 1.82) is 0 Å². The van der Waals surface area contributed by atoms with Gasteiger partial charge in [-0.3, -0.25) is 19.6 Å². The Morgan fingerprint density at radius 3 is 2.14 bits per heavy atom. The van der Waals surface area contributed by atoms with Gasteiger partial charge in [0, 0.05) is 31.2 Å². The maximum Gasteiger partial charge on any atom is 0.338 e. The molecule has 1 aliphatic heterocycles. The molecule has 146 valence electrons. The van der Waals surface area contributed by atoms with E-state index in [0.717, 1.165) is 22.6 Å². The summed E-state index contributed by atoms with van der Waals surface area (Å²) in [6.45, 7) is 5.97. The monoisotopic (exact) mass is 381 g/mol. The van der Waals surface area contributed by atoms with Crippen LogP contribution in [0.5, 0.6) is 0 Å². The Balaban J connectivity index is 1.97. The van der Waals surface area contributed by atoms with Crippen LogP contribution in [0.15, 0.2) is 35.9 Å². The van der Waals surface area contributed by atoms with Crippen molar-refractivity contribution in [3.05, 3.63) is 58.4 Å². The zero-order valence-corrected chi connectivity index (χ0v) is 16.6. The molecule has 1 aliphatic rings. The number of benzene rings is 1. The summed E-state index contributed by atoms with van der Waals surface area (Å²) in [7, 11) is 3.13. The van der Waals surface area contributed by atoms with E-state index in [9.17, 15) is 14.4 Å². The number of hydrogen-bond acceptors (Lipinski definition) is 4. The topological polar surface area (TPSA) is 71.8 Å². The highest BCUT2D eigenvalue weighted by Crippen LogP contribution is 2.26. The van der Waals surface area contributed by atoms with Gasteiger partial charge in [0.1, 0.15) is 5.57 Å². The number of nitrogens with zero attached hydrogens (tertiary/aromatic N) is 3. The molecule has 2 aromatic rings. The fourth-order valence-electron chi connectivity index (χ4n) is 3.28. The Labute approximate surface area is 163 Å². The molecule has 2 heterocycles. The molecule has 1 aromatic heterocycles. The van der Waals surface area contributed by atoms with E-state index in [1.165, 1.54) is 10.0 Å². The molecule has 0 N–H and O–H groups in total. The van der Waals surface area contributed by atoms with Crippen molar-refractivity contribution in [1.82, 2.24) is 14.6 Å². The molecule has 0 aliphatic carbocycles. The standard InChI is InChI=1S/C21H23N3O4/c1-6-28-21(27)15-7-9-17(10-8-15)24-13(2)11-16(14(24)3)12-18-19(25)22(4)23(5)20(18)26/h7-12H,6H2,1-5H3. The lowest BCUT2D eigenvalue weighted by molar-refractivity contribution is -0.141. The molecule has 0 bridgehead atoms. The minimum atomic E-state index is -0.355. The zero-order valence-electron chi connectivity index (χ0n) is 16.6. The largest absolute Gasteiger partial charge is 0.462 e. The van der Waals surface area contributed by atoms with Crippen LogP contribution in [0.1, 0.15) is 34.2 Å². The van der Waals surface area contributed by atoms with Crippen LogP contribution < -0.4 is 0 Å². The molecule has 1 fully saturated rings. The summed E-state index contributed by atoms with van der Waals surface area (Å²) < 4.78 is 7.02. The van der Waals surface area contributed by atoms with Gasteiger partial charge in [0.05, 0.1) is 12.2 Å². The molecule has 1 aromatic carbocycles. The molecular weight excluding hydrogens is 358 g/mol. The molecule has 0 atom stereocenters. The second-order valence-electron chi connectivity index (χ2n) is 6.64. The van der Waals surface area contributed by atoms with Crippen LogP contribution in [0.3, 0.4) is 0 Å². The molecule has 0 unspecified atom stereocenters. The molecule has 0 saturated carbocycles. The normalized spacial score (nSPS) is 14.1. The van der Waals surface area contributed by atoms with Gasteiger partial charge in [-0.05, 0) is 62.7 Å². The highest BCUT2D eigenvalue weighted by molar-refractivity contribution is 6.25. The van der Waals surface area contributed by atoms with Gasteiger partial charge in [-0.1, -0.05) is 0 Å². The summed E-state index contributed by atoms with van der Waals surface area (Å²) in [5, 5.41) is 2.59. The average molecular weight is 381 g/mol. The van der Waals surface area contributed by atoms with Gasteiger partial charge in [-0.15, -0.1) is 0 Å². The minimum absolute atomic E-state index is 0.142. The van der Waals surface area contributed by atoms with E-state index in [2.05, 4.69) is 0 Å². The number of hydrogen-bond donors (Lipinski definition) is 0. The molecule has 2 amide bonds. The summed E-state index contributed by atoms with van der Waals surface area (Å²) in [4.78, 5) is 36.4. The number of carbonyl (C=O) groups is 3. The smallest absolute Gasteiger partial charge is 0.338 e. The third kappa shape index (κ3) is 3.19. The Kier molecular flexibility index (Phi) is 5.09. The van der Waals surface area contributed by atoms with Crippen molar-refractivity contribution >= 4 is 23.9 Å². The van der Waals surface area contributed by atoms with E-state index >= 15 is 0 Å². The summed E-state index contributed by atoms with van der Waals surface area (Å²) in [5.41, 5.74) is 4.16. The van der Waals surface area contributed by atoms with Crippen molar-refractivity contribution in [2.75, 3.05) is 20.7 Å². The second kappa shape index (κ2) is 7.34. The van der Waals surface area contributed by atoms with Gasteiger partial charge < -0.3 is 9.30 Å². The Bertz CT molecular complexity index is 964. The van der Waals surface area contributed by atoms with Crippen molar-refractivity contribution < 1.29 is 19.1 Å². The molecule has 7 nitrogen and oxygen atoms in total. The number of amides is 2. The number of esters is 1. The SMILES string of the molecule is CCOC(=O)c1ccc(-n2c(C)cc(C=C3C(=O)N(C)N(C)C3=O)c2C)cc1. The Hall–Kier alpha value is -3.35. The highest BCUT2D eigenvalue weighted by Gasteiger charge is 2.36. The second-order valence-corrected chi connectivity index (χ2v) is 6.64. The summed E-state index contributed by atoms with van der Waals surface area (Å²) in [6.07, 6.45) is 1.64. The van der Waals surface area contributed by atoms with Gasteiger partial charge in [0.15, 0.2) is 0 Å². The Morgan fingerprint density at radius 1 is 1.04 bits per heavy atom. The molecule has 28 heavy (non-hydrogen) atoms. The van der Waals surface area contributed by atoms with Crippen LogP contribution in [-0.4, -0.2) is 53.1 Å². The maximum absolute atomic E-state index is 12.3. The van der Waals surface area contributed by atoms with Crippen LogP contribution in [0.2, 0.25) is 0 Å². The van der Waals surface area contributed by atoms with Crippen LogP contribution in [0.25, 0.3) is 11.8 Å². The van der Waals surface area contributed by atoms with E-state index in [1.807, 2.05) is 36.6 Å². The summed E-state index contributed by atoms with van der Waals surface area (Å²) in [6, 6.07) is 9.06. The maximum atomic E-state index is 12.3. The van der Waals surface area contributed by atoms with E-state index in [1.54, 1.807) is 39.2 Å². The number of aromatic nitrogens is 1. The van der Waals surface area contributed by atoms with Crippen molar-refractivity contribution in [2.45, 2.75) is 20.8 Å². The Morgan fingerprint density at radius 2 is 1.61 bits per heavy atom. The predicted octanol–water partition coefficient (Wildman–Crippen LogP) is 2.50. The van der Waals surface area contributed by atoms with Crippen molar-refractivity contribution in [2.24, 2.45) is 0 Å². The summed E-state index contributed by atoms with van der Waals surface area (Å²) in [5.74, 6) is -1.00. The van der Waals surface area contributed by atoms with Crippen LogP contribution in [0, 0.1) is 13.8 Å². The predicted molar refractivity (Wildman–Crippen MR) is 105 cm³/mol. The fraction of sp³-hybridized carbons (Fsp3) is 0.286. The first-order valence-corrected chi connectivity index (χ1v) is 9.00. The van der Waals surface area contributed by atoms with E-state index < -0.39 is 0 Å². The number of ether oxygens (including phenoxy) is 1. The van der Waals surface area contributed by atoms with Gasteiger partial charge in [-0.2, -0.15) is 0 Å². The first-order chi connectivity index (χ1) is 13.3. The average Bonchev–Trinajstić information content (AvgIpc) is 3.05. The molecule has 0 spiro atoms. The van der Waals surface area contributed by atoms with E-state index in [0.29, 0.717) is 12.2 Å². The van der Waals surface area contributed by atoms with E-state index in [4.69, 9.17) is 4.74 Å². The van der Waals surface area contributed by atoms with Gasteiger partial charge in [-0.25, -0.2) is 4.79 Å². The molecule has 3 rings (SSSR count). The van der Waals surface area contributed by atoms with E-state index in [-0.39, 0.29) is 23.4 Å². The number of rotatable bonds is 4. The van der Waals surface area contributed by atoms with Crippen LogP contribution in [0.4, 0.5) is 0 Å². The van der Waals surface area contributed by atoms with Gasteiger partial charge >= 0.3 is 5.97 Å². The minimum Gasteiger partial charge on any atom is -0.462 e. The third-order valence-corrected chi connectivity index (χ3v) is 4.91. The summed E-state index contributed by atoms with van der Waals surface area (Å²) >= 11 is 0. The lowest BCUT2D eigenvalue weighted by Gasteiger charge is -2.16. The third-order valence-electron chi connectivity index (χ3n) is 4.91. The lowest BCUT2D eigenvalue weighted by atomic mass is 10.1. The number of hydrazine groups is 1. The first kappa shape index (κ1) is 19.4. The van der Waals surface area contributed by atoms with Gasteiger partial charge in [0.2, 0.25) is 0 Å². The molecule has 0 radical (unpaired) electrons. The van der Waals surface area contributed by atoms with Gasteiger partial charge in [0.25, 0.3) is 11.8 Å². The van der Waals surface area contributed by atoms with Crippen molar-refractivity contribution in [3.63, 3.8) is 0 Å². The molecule has 1 saturated heterocycles. The number of aryl methyl sites for hydroxylation is 1. The quantitative estimate of drug-likeness (QED) is 0.463. The van der Waals surface area contributed by atoms with Crippen LogP contribution in [-0.2, 0) is 14.3 Å².